The van der Waals surface area contributed by atoms with Crippen molar-refractivity contribution in [1.29, 1.82) is 0 Å². The van der Waals surface area contributed by atoms with Crippen LogP contribution in [0.15, 0.2) is 42.5 Å². The zero-order valence-corrected chi connectivity index (χ0v) is 16.1. The monoisotopic (exact) mass is 400 g/mol. The van der Waals surface area contributed by atoms with Crippen molar-refractivity contribution >= 4 is 29.0 Å². The molecule has 9 nitrogen and oxygen atoms in total. The summed E-state index contributed by atoms with van der Waals surface area (Å²) in [5, 5.41) is 13.4. The summed E-state index contributed by atoms with van der Waals surface area (Å²) in [6, 6.07) is 10.3. The lowest BCUT2D eigenvalue weighted by atomic mass is 10.0. The molecule has 9 heteroatoms. The predicted molar refractivity (Wildman–Crippen MR) is 104 cm³/mol. The van der Waals surface area contributed by atoms with Gasteiger partial charge in [0.2, 0.25) is 0 Å². The minimum absolute atomic E-state index is 0.00114. The van der Waals surface area contributed by atoms with E-state index < -0.39 is 22.9 Å². The van der Waals surface area contributed by atoms with Gasteiger partial charge >= 0.3 is 5.97 Å². The van der Waals surface area contributed by atoms with E-state index in [0.717, 1.165) is 0 Å². The van der Waals surface area contributed by atoms with Gasteiger partial charge in [-0.3, -0.25) is 24.5 Å². The van der Waals surface area contributed by atoms with Crippen LogP contribution < -0.4 is 10.1 Å². The highest BCUT2D eigenvalue weighted by Gasteiger charge is 2.22. The first-order valence-electron chi connectivity index (χ1n) is 8.64. The zero-order valence-electron chi connectivity index (χ0n) is 16.1. The molecule has 1 atom stereocenters. The summed E-state index contributed by atoms with van der Waals surface area (Å²) in [6.45, 7) is 2.75. The molecule has 0 heterocycles. The second kappa shape index (κ2) is 9.45. The quantitative estimate of drug-likeness (QED) is 0.312. The number of methoxy groups -OCH3 is 1. The number of para-hydroxylation sites is 2. The van der Waals surface area contributed by atoms with E-state index >= 15 is 0 Å². The molecule has 2 aromatic rings. The van der Waals surface area contributed by atoms with Crippen LogP contribution in [0.1, 0.15) is 29.8 Å². The van der Waals surface area contributed by atoms with Crippen molar-refractivity contribution in [3.8, 4) is 5.75 Å². The van der Waals surface area contributed by atoms with Crippen LogP contribution in [0.4, 0.5) is 11.4 Å². The highest BCUT2D eigenvalue weighted by molar-refractivity contribution is 5.97. The molecule has 2 rings (SSSR count). The van der Waals surface area contributed by atoms with Crippen molar-refractivity contribution in [2.45, 2.75) is 26.4 Å². The molecular weight excluding hydrogens is 380 g/mol. The van der Waals surface area contributed by atoms with Crippen molar-refractivity contribution in [1.82, 2.24) is 0 Å². The van der Waals surface area contributed by atoms with E-state index in [0.29, 0.717) is 16.9 Å². The highest BCUT2D eigenvalue weighted by atomic mass is 16.6. The Balaban J connectivity index is 2.06. The maximum atomic E-state index is 12.3. The van der Waals surface area contributed by atoms with Gasteiger partial charge in [0.05, 0.1) is 18.5 Å². The molecule has 152 valence electrons. The van der Waals surface area contributed by atoms with Crippen molar-refractivity contribution in [3.05, 3.63) is 63.7 Å². The molecule has 0 aliphatic carbocycles. The van der Waals surface area contributed by atoms with E-state index in [4.69, 9.17) is 9.47 Å². The number of nitrogens with zero attached hydrogens (tertiary/aromatic N) is 1. The lowest BCUT2D eigenvalue weighted by molar-refractivity contribution is -0.383. The lowest BCUT2D eigenvalue weighted by Gasteiger charge is -2.15. The number of rotatable bonds is 8. The Bertz CT molecular complexity index is 956. The molecule has 0 radical (unpaired) electrons. The molecule has 0 fully saturated rings. The van der Waals surface area contributed by atoms with Gasteiger partial charge in [-0.25, -0.2) is 0 Å². The number of amides is 1. The molecule has 0 saturated heterocycles. The third-order valence-corrected chi connectivity index (χ3v) is 4.06. The van der Waals surface area contributed by atoms with E-state index in [1.165, 1.54) is 51.3 Å². The van der Waals surface area contributed by atoms with E-state index in [-0.39, 0.29) is 23.6 Å². The first-order chi connectivity index (χ1) is 13.7. The first-order valence-corrected chi connectivity index (χ1v) is 8.64. The van der Waals surface area contributed by atoms with Gasteiger partial charge in [-0.05, 0) is 38.1 Å². The maximum Gasteiger partial charge on any atom is 0.311 e. The Morgan fingerprint density at radius 2 is 1.86 bits per heavy atom. The number of nitro benzene ring substituents is 1. The Hall–Kier alpha value is -3.75. The summed E-state index contributed by atoms with van der Waals surface area (Å²) in [4.78, 5) is 46.5. The predicted octanol–water partition coefficient (Wildman–Crippen LogP) is 2.92. The van der Waals surface area contributed by atoms with E-state index in [1.54, 1.807) is 12.1 Å². The Kier molecular flexibility index (Phi) is 7.02. The summed E-state index contributed by atoms with van der Waals surface area (Å²) < 4.78 is 10.3. The van der Waals surface area contributed by atoms with Crippen LogP contribution in [0.25, 0.3) is 0 Å². The highest BCUT2D eigenvalue weighted by Crippen LogP contribution is 2.24. The second-order valence-corrected chi connectivity index (χ2v) is 6.16. The van der Waals surface area contributed by atoms with Gasteiger partial charge in [-0.2, -0.15) is 0 Å². The molecule has 0 saturated carbocycles. The average molecular weight is 400 g/mol. The number of carbonyl (C=O) groups is 3. The number of esters is 1. The number of carbonyl (C=O) groups excluding carboxylic acids is 3. The smallest absolute Gasteiger partial charge is 0.311 e. The van der Waals surface area contributed by atoms with Gasteiger partial charge in [0, 0.05) is 17.2 Å². The molecule has 0 bridgehead atoms. The molecule has 29 heavy (non-hydrogen) atoms. The van der Waals surface area contributed by atoms with Gasteiger partial charge in [0.15, 0.2) is 11.9 Å². The number of hydrogen-bond donors (Lipinski definition) is 1. The van der Waals surface area contributed by atoms with Gasteiger partial charge in [0.1, 0.15) is 11.4 Å². The average Bonchev–Trinajstić information content (AvgIpc) is 2.67. The fourth-order valence-corrected chi connectivity index (χ4v) is 2.56. The van der Waals surface area contributed by atoms with Crippen molar-refractivity contribution in [2.24, 2.45) is 0 Å². The van der Waals surface area contributed by atoms with Crippen molar-refractivity contribution in [2.75, 3.05) is 12.4 Å². The van der Waals surface area contributed by atoms with Crippen molar-refractivity contribution in [3.63, 3.8) is 0 Å². The summed E-state index contributed by atoms with van der Waals surface area (Å²) in [5.41, 5.74) is 0.582. The molecule has 1 amide bonds. The Morgan fingerprint density at radius 3 is 2.48 bits per heavy atom. The van der Waals surface area contributed by atoms with Crippen LogP contribution in [0.3, 0.4) is 0 Å². The van der Waals surface area contributed by atoms with E-state index in [2.05, 4.69) is 5.32 Å². The summed E-state index contributed by atoms with van der Waals surface area (Å²) >= 11 is 0. The minimum Gasteiger partial charge on any atom is -0.496 e. The number of hydrogen-bond acceptors (Lipinski definition) is 7. The van der Waals surface area contributed by atoms with Crippen LogP contribution in [-0.4, -0.2) is 35.8 Å². The number of Topliss-reactive ketones (excluding diaryl/α,β-unsaturated/α-hetero) is 1. The fraction of sp³-hybridized carbons (Fsp3) is 0.250. The topological polar surface area (TPSA) is 125 Å². The van der Waals surface area contributed by atoms with Gasteiger partial charge in [-0.15, -0.1) is 0 Å². The molecule has 1 N–H and O–H groups in total. The van der Waals surface area contributed by atoms with Crippen LogP contribution in [0.5, 0.6) is 5.75 Å². The normalized spacial score (nSPS) is 11.3. The van der Waals surface area contributed by atoms with Gasteiger partial charge < -0.3 is 14.8 Å². The second-order valence-electron chi connectivity index (χ2n) is 6.16. The lowest BCUT2D eigenvalue weighted by Crippen LogP contribution is -2.30. The summed E-state index contributed by atoms with van der Waals surface area (Å²) in [6.07, 6.45) is -1.41. The van der Waals surface area contributed by atoms with Crippen LogP contribution >= 0.6 is 0 Å². The molecular formula is C20H20N2O7. The Labute approximate surface area is 166 Å². The number of anilines is 1. The third kappa shape index (κ3) is 5.61. The van der Waals surface area contributed by atoms with Crippen LogP contribution in [0.2, 0.25) is 0 Å². The number of ketones is 1. The third-order valence-electron chi connectivity index (χ3n) is 4.06. The molecule has 2 aromatic carbocycles. The molecule has 0 unspecified atom stereocenters. The molecule has 0 aromatic heterocycles. The standard InChI is InChI=1S/C20H20N2O7/c1-12(23)14-8-9-18(28-3)15(10-14)11-19(24)29-13(2)20(25)21-16-6-4-5-7-17(16)22(26)27/h4-10,13H,11H2,1-3H3,(H,21,25)/t13-/m1/s1. The number of ether oxygens (including phenoxy) is 2. The largest absolute Gasteiger partial charge is 0.496 e. The maximum absolute atomic E-state index is 12.3. The Morgan fingerprint density at radius 1 is 1.17 bits per heavy atom. The molecule has 0 aliphatic rings. The van der Waals surface area contributed by atoms with Gasteiger partial charge in [-0.1, -0.05) is 12.1 Å². The number of nitrogens with one attached hydrogen (secondary N) is 1. The first kappa shape index (κ1) is 21.5. The van der Waals surface area contributed by atoms with Crippen LogP contribution in [0, 0.1) is 10.1 Å². The number of benzene rings is 2. The SMILES string of the molecule is COc1ccc(C(C)=O)cc1CC(=O)O[C@H](C)C(=O)Nc1ccccc1[N+](=O)[O-]. The number of nitro groups is 1. The molecule has 0 spiro atoms. The van der Waals surface area contributed by atoms with Gasteiger partial charge in [0.25, 0.3) is 11.6 Å². The molecule has 0 aliphatic heterocycles. The van der Waals surface area contributed by atoms with Crippen molar-refractivity contribution < 1.29 is 28.8 Å². The van der Waals surface area contributed by atoms with E-state index in [9.17, 15) is 24.5 Å². The van der Waals surface area contributed by atoms with Crippen LogP contribution in [-0.2, 0) is 20.7 Å². The fourth-order valence-electron chi connectivity index (χ4n) is 2.56. The summed E-state index contributed by atoms with van der Waals surface area (Å²) in [5.74, 6) is -1.19. The zero-order chi connectivity index (χ0) is 21.6. The van der Waals surface area contributed by atoms with E-state index in [1.807, 2.05) is 0 Å². The minimum atomic E-state index is -1.19. The summed E-state index contributed by atoms with van der Waals surface area (Å²) in [7, 11) is 1.43.